The Kier molecular flexibility index (Phi) is 4.99. The molecule has 1 aliphatic rings. The van der Waals surface area contributed by atoms with Gasteiger partial charge >= 0.3 is 5.91 Å². The Balaban J connectivity index is 2.17. The van der Waals surface area contributed by atoms with Crippen molar-refractivity contribution in [3.8, 4) is 17.2 Å². The minimum Gasteiger partial charge on any atom is -0.508 e. The van der Waals surface area contributed by atoms with Gasteiger partial charge in [0.2, 0.25) is 5.78 Å². The second-order valence-electron chi connectivity index (χ2n) is 6.40. The summed E-state index contributed by atoms with van der Waals surface area (Å²) in [6.07, 6.45) is -1.36. The molecule has 0 fully saturated rings. The predicted octanol–water partition coefficient (Wildman–Crippen LogP) is 1.20. The van der Waals surface area contributed by atoms with E-state index in [4.69, 9.17) is 9.57 Å². The third-order valence-corrected chi connectivity index (χ3v) is 4.39. The van der Waals surface area contributed by atoms with Gasteiger partial charge in [0, 0.05) is 25.6 Å². The zero-order valence-corrected chi connectivity index (χ0v) is 15.1. The van der Waals surface area contributed by atoms with E-state index in [1.807, 2.05) is 0 Å². The van der Waals surface area contributed by atoms with Crippen molar-refractivity contribution in [3.05, 3.63) is 53.1 Å². The van der Waals surface area contributed by atoms with E-state index in [1.165, 1.54) is 18.2 Å². The number of carbonyl (C=O) groups excluding carboxylic acids is 2. The maximum Gasteiger partial charge on any atom is 0.313 e. The van der Waals surface area contributed by atoms with Crippen LogP contribution >= 0.6 is 0 Å². The van der Waals surface area contributed by atoms with Crippen LogP contribution in [0.3, 0.4) is 0 Å². The summed E-state index contributed by atoms with van der Waals surface area (Å²) in [5.41, 5.74) is 0.176. The molecule has 0 radical (unpaired) electrons. The van der Waals surface area contributed by atoms with E-state index in [1.54, 1.807) is 12.1 Å². The van der Waals surface area contributed by atoms with Crippen LogP contribution in [0.15, 0.2) is 36.4 Å². The van der Waals surface area contributed by atoms with E-state index >= 15 is 0 Å². The Morgan fingerprint density at radius 1 is 1.18 bits per heavy atom. The number of hydroxylamine groups is 2. The highest BCUT2D eigenvalue weighted by molar-refractivity contribution is 6.34. The minimum atomic E-state index is -2.50. The molecule has 1 heterocycles. The SMILES string of the molecule is CC(=O)C(=O)N(C)OC1(O)c2c(O)cc(O)cc2COC1c1ccccc1O. The summed E-state index contributed by atoms with van der Waals surface area (Å²) in [4.78, 5) is 28.8. The van der Waals surface area contributed by atoms with Gasteiger partial charge in [-0.1, -0.05) is 18.2 Å². The fourth-order valence-corrected chi connectivity index (χ4v) is 3.19. The lowest BCUT2D eigenvalue weighted by Crippen LogP contribution is -2.48. The van der Waals surface area contributed by atoms with Gasteiger partial charge in [0.25, 0.3) is 5.79 Å². The number of benzene rings is 2. The molecule has 1 amide bonds. The van der Waals surface area contributed by atoms with Crippen LogP contribution in [-0.4, -0.2) is 44.2 Å². The van der Waals surface area contributed by atoms with E-state index < -0.39 is 29.3 Å². The van der Waals surface area contributed by atoms with Crippen LogP contribution in [0, 0.1) is 0 Å². The van der Waals surface area contributed by atoms with Gasteiger partial charge in [0.1, 0.15) is 23.4 Å². The summed E-state index contributed by atoms with van der Waals surface area (Å²) in [5, 5.41) is 42.3. The molecule has 0 saturated carbocycles. The topological polar surface area (TPSA) is 137 Å². The van der Waals surface area contributed by atoms with Gasteiger partial charge in [-0.2, -0.15) is 0 Å². The van der Waals surface area contributed by atoms with Gasteiger partial charge in [0.15, 0.2) is 0 Å². The first-order valence-electron chi connectivity index (χ1n) is 8.30. The molecule has 4 N–H and O–H groups in total. The molecule has 2 atom stereocenters. The van der Waals surface area contributed by atoms with Gasteiger partial charge in [0.05, 0.1) is 12.2 Å². The molecule has 0 aliphatic carbocycles. The van der Waals surface area contributed by atoms with Crippen LogP contribution < -0.4 is 0 Å². The summed E-state index contributed by atoms with van der Waals surface area (Å²) in [7, 11) is 1.12. The summed E-state index contributed by atoms with van der Waals surface area (Å²) in [6, 6.07) is 8.26. The maximum absolute atomic E-state index is 12.0. The van der Waals surface area contributed by atoms with Crippen molar-refractivity contribution >= 4 is 11.7 Å². The number of hydrogen-bond donors (Lipinski definition) is 4. The van der Waals surface area contributed by atoms with Crippen molar-refractivity contribution in [2.24, 2.45) is 0 Å². The van der Waals surface area contributed by atoms with Gasteiger partial charge in [-0.3, -0.25) is 9.59 Å². The summed E-state index contributed by atoms with van der Waals surface area (Å²) in [5.74, 6) is -5.37. The fraction of sp³-hybridized carbons (Fsp3) is 0.263. The Morgan fingerprint density at radius 3 is 2.50 bits per heavy atom. The summed E-state index contributed by atoms with van der Waals surface area (Å²) >= 11 is 0. The van der Waals surface area contributed by atoms with Gasteiger partial charge < -0.3 is 25.2 Å². The number of aromatic hydroxyl groups is 3. The van der Waals surface area contributed by atoms with E-state index in [2.05, 4.69) is 0 Å². The number of ether oxygens (including phenoxy) is 1. The highest BCUT2D eigenvalue weighted by Crippen LogP contribution is 2.50. The monoisotopic (exact) mass is 389 g/mol. The summed E-state index contributed by atoms with van der Waals surface area (Å²) < 4.78 is 5.66. The zero-order valence-electron chi connectivity index (χ0n) is 15.1. The van der Waals surface area contributed by atoms with Crippen molar-refractivity contribution in [2.45, 2.75) is 25.4 Å². The van der Waals surface area contributed by atoms with Crippen LogP contribution in [0.25, 0.3) is 0 Å². The number of amides is 1. The first-order chi connectivity index (χ1) is 13.1. The largest absolute Gasteiger partial charge is 0.508 e. The van der Waals surface area contributed by atoms with Crippen LogP contribution in [0.1, 0.15) is 29.7 Å². The van der Waals surface area contributed by atoms with Gasteiger partial charge in [-0.05, 0) is 17.7 Å². The Morgan fingerprint density at radius 2 is 1.86 bits per heavy atom. The second kappa shape index (κ2) is 7.12. The molecule has 9 nitrogen and oxygen atoms in total. The van der Waals surface area contributed by atoms with Crippen molar-refractivity contribution in [3.63, 3.8) is 0 Å². The molecule has 9 heteroatoms. The first kappa shape index (κ1) is 19.6. The van der Waals surface area contributed by atoms with Crippen molar-refractivity contribution in [1.82, 2.24) is 5.06 Å². The number of nitrogens with zero attached hydrogens (tertiary/aromatic N) is 1. The van der Waals surface area contributed by atoms with E-state index in [9.17, 15) is 30.0 Å². The van der Waals surface area contributed by atoms with Crippen LogP contribution in [-0.2, 0) is 31.6 Å². The lowest BCUT2D eigenvalue weighted by Gasteiger charge is -2.42. The van der Waals surface area contributed by atoms with Crippen LogP contribution in [0.4, 0.5) is 0 Å². The van der Waals surface area contributed by atoms with Crippen LogP contribution in [0.2, 0.25) is 0 Å². The van der Waals surface area contributed by atoms with Crippen LogP contribution in [0.5, 0.6) is 17.2 Å². The number of para-hydroxylation sites is 1. The van der Waals surface area contributed by atoms with E-state index in [0.717, 1.165) is 20.0 Å². The molecule has 28 heavy (non-hydrogen) atoms. The molecule has 2 aromatic carbocycles. The number of hydrogen-bond acceptors (Lipinski definition) is 8. The molecule has 0 aromatic heterocycles. The second-order valence-corrected chi connectivity index (χ2v) is 6.40. The Bertz CT molecular complexity index is 944. The Hall–Kier alpha value is -3.14. The van der Waals surface area contributed by atoms with Crippen molar-refractivity contribution in [2.75, 3.05) is 7.05 Å². The molecule has 2 unspecified atom stereocenters. The smallest absolute Gasteiger partial charge is 0.313 e. The maximum atomic E-state index is 12.0. The van der Waals surface area contributed by atoms with Crippen molar-refractivity contribution in [1.29, 1.82) is 0 Å². The van der Waals surface area contributed by atoms with Crippen molar-refractivity contribution < 1.29 is 39.6 Å². The molecular formula is C19H19NO8. The number of carbonyl (C=O) groups is 2. The number of rotatable bonds is 4. The number of Topliss-reactive ketones (excluding diaryl/α,β-unsaturated/α-hetero) is 1. The van der Waals surface area contributed by atoms with E-state index in [-0.39, 0.29) is 34.8 Å². The zero-order chi connectivity index (χ0) is 20.6. The third kappa shape index (κ3) is 3.26. The number of phenols is 3. The quantitative estimate of drug-likeness (QED) is 0.348. The molecule has 0 bridgehead atoms. The highest BCUT2D eigenvalue weighted by Gasteiger charge is 2.51. The molecular weight excluding hydrogens is 370 g/mol. The minimum absolute atomic E-state index is 0.131. The number of likely N-dealkylation sites (N-methyl/N-ethyl adjacent to an activating group) is 1. The number of phenolic OH excluding ortho intramolecular Hbond substituents is 3. The molecule has 148 valence electrons. The average Bonchev–Trinajstić information content (AvgIpc) is 2.61. The molecule has 1 aliphatic heterocycles. The normalized spacial score (nSPS) is 21.0. The van der Waals surface area contributed by atoms with Gasteiger partial charge in [-0.15, -0.1) is 0 Å². The number of ketones is 1. The standard InChI is InChI=1S/C19H19NO8/c1-10(21)18(25)20(2)28-19(26)16-11(7-12(22)8-15(16)24)9-27-17(19)13-5-3-4-6-14(13)23/h3-8,17,22-24,26H,9H2,1-2H3. The number of aliphatic hydroxyl groups is 1. The molecule has 3 rings (SSSR count). The average molecular weight is 389 g/mol. The molecule has 0 saturated heterocycles. The Labute approximate surface area is 159 Å². The summed E-state index contributed by atoms with van der Waals surface area (Å²) in [6.45, 7) is 0.903. The van der Waals surface area contributed by atoms with Gasteiger partial charge in [-0.25, -0.2) is 9.90 Å². The van der Waals surface area contributed by atoms with E-state index in [0.29, 0.717) is 5.06 Å². The lowest BCUT2D eigenvalue weighted by molar-refractivity contribution is -0.365. The fourth-order valence-electron chi connectivity index (χ4n) is 3.19. The predicted molar refractivity (Wildman–Crippen MR) is 93.8 cm³/mol. The first-order valence-corrected chi connectivity index (χ1v) is 8.30. The highest BCUT2D eigenvalue weighted by atomic mass is 16.8. The lowest BCUT2D eigenvalue weighted by atomic mass is 9.87. The third-order valence-electron chi connectivity index (χ3n) is 4.39. The number of fused-ring (bicyclic) bond motifs is 1. The molecule has 2 aromatic rings. The molecule has 0 spiro atoms.